The molecule has 1 amide bonds. The first-order chi connectivity index (χ1) is 30.6. The molecule has 0 bridgehead atoms. The van der Waals surface area contributed by atoms with Gasteiger partial charge in [-0.2, -0.15) is 0 Å². The molecule has 9 N–H and O–H groups in total. The SMILES string of the molecule is CCCCCCCCCCCCCCCCCCC(=O)NC(COC1OC(CO)C(OC2OC(CO)C(O)C(O)C2O)C(O)C1O)C(O)CCCCCCCCCCCCCCC. The summed E-state index contributed by atoms with van der Waals surface area (Å²) < 4.78 is 22.7. The zero-order valence-corrected chi connectivity index (χ0v) is 39.6. The van der Waals surface area contributed by atoms with Crippen molar-refractivity contribution in [1.82, 2.24) is 5.32 Å². The predicted octanol–water partition coefficient (Wildman–Crippen LogP) is 6.61. The fourth-order valence-corrected chi connectivity index (χ4v) is 8.83. The summed E-state index contributed by atoms with van der Waals surface area (Å²) in [5.41, 5.74) is 0. The number of hydrogen-bond donors (Lipinski definition) is 9. The van der Waals surface area contributed by atoms with E-state index in [4.69, 9.17) is 18.9 Å². The Labute approximate surface area is 381 Å². The maximum atomic E-state index is 13.2. The number of aliphatic hydroxyl groups excluding tert-OH is 8. The molecule has 0 spiro atoms. The van der Waals surface area contributed by atoms with Crippen molar-refractivity contribution in [2.24, 2.45) is 0 Å². The molecule has 0 radical (unpaired) electrons. The van der Waals surface area contributed by atoms with Crippen LogP contribution in [0.1, 0.15) is 213 Å². The lowest BCUT2D eigenvalue weighted by Gasteiger charge is -2.46. The number of unbranched alkanes of at least 4 members (excludes halogenated alkanes) is 27. The van der Waals surface area contributed by atoms with E-state index in [2.05, 4.69) is 19.2 Å². The van der Waals surface area contributed by atoms with E-state index in [1.807, 2.05) is 0 Å². The average molecular weight is 906 g/mol. The highest BCUT2D eigenvalue weighted by molar-refractivity contribution is 5.76. The van der Waals surface area contributed by atoms with Gasteiger partial charge in [0, 0.05) is 6.42 Å². The molecule has 2 rings (SSSR count). The molecule has 14 nitrogen and oxygen atoms in total. The van der Waals surface area contributed by atoms with Crippen molar-refractivity contribution < 1.29 is 64.6 Å². The molecule has 0 aromatic carbocycles. The topological polar surface area (TPSA) is 228 Å². The van der Waals surface area contributed by atoms with E-state index in [-0.39, 0.29) is 12.5 Å². The summed E-state index contributed by atoms with van der Waals surface area (Å²) in [6.07, 6.45) is 19.6. The van der Waals surface area contributed by atoms with Crippen molar-refractivity contribution >= 4 is 5.91 Å². The fourth-order valence-electron chi connectivity index (χ4n) is 8.83. The molecule has 0 saturated carbocycles. The highest BCUT2D eigenvalue weighted by atomic mass is 16.7. The first-order valence-corrected chi connectivity index (χ1v) is 25.8. The maximum absolute atomic E-state index is 13.2. The van der Waals surface area contributed by atoms with Crippen molar-refractivity contribution in [3.05, 3.63) is 0 Å². The van der Waals surface area contributed by atoms with Crippen molar-refractivity contribution in [3.63, 3.8) is 0 Å². The molecule has 14 heteroatoms. The van der Waals surface area contributed by atoms with Gasteiger partial charge in [0.1, 0.15) is 48.8 Å². The van der Waals surface area contributed by atoms with Crippen LogP contribution in [0.2, 0.25) is 0 Å². The van der Waals surface area contributed by atoms with Gasteiger partial charge in [-0.1, -0.05) is 194 Å². The first-order valence-electron chi connectivity index (χ1n) is 25.8. The molecule has 12 unspecified atom stereocenters. The lowest BCUT2D eigenvalue weighted by molar-refractivity contribution is -0.359. The minimum absolute atomic E-state index is 0.204. The maximum Gasteiger partial charge on any atom is 0.220 e. The monoisotopic (exact) mass is 906 g/mol. The molecule has 0 aromatic heterocycles. The van der Waals surface area contributed by atoms with Crippen LogP contribution in [0.4, 0.5) is 0 Å². The average Bonchev–Trinajstić information content (AvgIpc) is 3.28. The summed E-state index contributed by atoms with van der Waals surface area (Å²) >= 11 is 0. The second kappa shape index (κ2) is 37.0. The quantitative estimate of drug-likeness (QED) is 0.0296. The number of hydrogen-bond acceptors (Lipinski definition) is 13. The Kier molecular flexibility index (Phi) is 34.2. The normalized spacial score (nSPS) is 27.4. The van der Waals surface area contributed by atoms with Crippen LogP contribution in [0, 0.1) is 0 Å². The molecule has 2 aliphatic rings. The summed E-state index contributed by atoms with van der Waals surface area (Å²) in [4.78, 5) is 13.2. The van der Waals surface area contributed by atoms with Gasteiger partial charge in [0.15, 0.2) is 12.6 Å². The highest BCUT2D eigenvalue weighted by Gasteiger charge is 2.51. The number of nitrogens with one attached hydrogen (secondary N) is 1. The summed E-state index contributed by atoms with van der Waals surface area (Å²) in [7, 11) is 0. The Balaban J connectivity index is 1.82. The van der Waals surface area contributed by atoms with Gasteiger partial charge >= 0.3 is 0 Å². The zero-order chi connectivity index (χ0) is 46.1. The predicted molar refractivity (Wildman–Crippen MR) is 245 cm³/mol. The second-order valence-corrected chi connectivity index (χ2v) is 18.7. The molecule has 0 aromatic rings. The third kappa shape index (κ3) is 24.5. The van der Waals surface area contributed by atoms with Gasteiger partial charge < -0.3 is 65.1 Å². The van der Waals surface area contributed by atoms with E-state index in [1.54, 1.807) is 0 Å². The van der Waals surface area contributed by atoms with E-state index in [0.717, 1.165) is 51.4 Å². The molecular formula is C49H95NO13. The van der Waals surface area contributed by atoms with Crippen LogP contribution in [0.25, 0.3) is 0 Å². The van der Waals surface area contributed by atoms with Gasteiger partial charge in [0.05, 0.1) is 32.0 Å². The minimum atomic E-state index is -1.78. The second-order valence-electron chi connectivity index (χ2n) is 18.7. The number of carbonyl (C=O) groups excluding carboxylic acids is 1. The van der Waals surface area contributed by atoms with E-state index in [1.165, 1.54) is 135 Å². The van der Waals surface area contributed by atoms with Crippen LogP contribution in [0.3, 0.4) is 0 Å². The van der Waals surface area contributed by atoms with Crippen LogP contribution < -0.4 is 5.32 Å². The van der Waals surface area contributed by atoms with E-state index < -0.39 is 86.8 Å². The van der Waals surface area contributed by atoms with Crippen molar-refractivity contribution in [1.29, 1.82) is 0 Å². The number of ether oxygens (including phenoxy) is 4. The van der Waals surface area contributed by atoms with Gasteiger partial charge in [-0.3, -0.25) is 4.79 Å². The van der Waals surface area contributed by atoms with Crippen LogP contribution in [-0.4, -0.2) is 140 Å². The summed E-state index contributed by atoms with van der Waals surface area (Å²) in [6, 6.07) is -0.820. The Morgan fingerprint density at radius 3 is 1.35 bits per heavy atom. The fraction of sp³-hybridized carbons (Fsp3) is 0.980. The lowest BCUT2D eigenvalue weighted by Crippen LogP contribution is -2.65. The van der Waals surface area contributed by atoms with E-state index in [0.29, 0.717) is 12.8 Å². The van der Waals surface area contributed by atoms with E-state index >= 15 is 0 Å². The van der Waals surface area contributed by atoms with Crippen molar-refractivity contribution in [3.8, 4) is 0 Å². The molecule has 12 atom stereocenters. The third-order valence-electron chi connectivity index (χ3n) is 13.1. The molecule has 2 aliphatic heterocycles. The van der Waals surface area contributed by atoms with Gasteiger partial charge in [0.2, 0.25) is 5.91 Å². The van der Waals surface area contributed by atoms with E-state index in [9.17, 15) is 45.6 Å². The number of aliphatic hydroxyl groups is 8. The molecule has 2 fully saturated rings. The van der Waals surface area contributed by atoms with Gasteiger partial charge in [-0.25, -0.2) is 0 Å². The summed E-state index contributed by atoms with van der Waals surface area (Å²) in [5, 5.41) is 86.8. The first kappa shape index (κ1) is 58.1. The molecular weight excluding hydrogens is 811 g/mol. The van der Waals surface area contributed by atoms with Gasteiger partial charge in [-0.15, -0.1) is 0 Å². The molecule has 63 heavy (non-hydrogen) atoms. The van der Waals surface area contributed by atoms with Crippen LogP contribution in [0.15, 0.2) is 0 Å². The minimum Gasteiger partial charge on any atom is -0.394 e. The van der Waals surface area contributed by atoms with Crippen molar-refractivity contribution in [2.45, 2.75) is 286 Å². The van der Waals surface area contributed by atoms with Gasteiger partial charge in [-0.05, 0) is 12.8 Å². The van der Waals surface area contributed by atoms with Gasteiger partial charge in [0.25, 0.3) is 0 Å². The summed E-state index contributed by atoms with van der Waals surface area (Å²) in [5.74, 6) is -0.204. The number of carbonyl (C=O) groups is 1. The highest BCUT2D eigenvalue weighted by Crippen LogP contribution is 2.30. The number of amides is 1. The Morgan fingerprint density at radius 1 is 0.508 bits per heavy atom. The standard InChI is InChI=1S/C49H95NO13/c1-3-5-7-9-11-13-15-17-18-19-21-23-25-27-29-31-33-41(54)50-37(38(53)32-30-28-26-24-22-20-16-14-12-10-8-6-4-2)36-60-48-46(59)44(57)47(40(35-52)62-48)63-49-45(58)43(56)42(55)39(34-51)61-49/h37-40,42-49,51-53,55-59H,3-36H2,1-2H3,(H,50,54). The molecule has 0 aliphatic carbocycles. The smallest absolute Gasteiger partial charge is 0.220 e. The summed E-state index contributed by atoms with van der Waals surface area (Å²) in [6.45, 7) is 2.86. The molecule has 374 valence electrons. The zero-order valence-electron chi connectivity index (χ0n) is 39.6. The molecule has 2 heterocycles. The van der Waals surface area contributed by atoms with Crippen LogP contribution >= 0.6 is 0 Å². The van der Waals surface area contributed by atoms with Crippen LogP contribution in [0.5, 0.6) is 0 Å². The largest absolute Gasteiger partial charge is 0.394 e. The lowest BCUT2D eigenvalue weighted by atomic mass is 9.97. The van der Waals surface area contributed by atoms with Crippen molar-refractivity contribution in [2.75, 3.05) is 19.8 Å². The van der Waals surface area contributed by atoms with Crippen LogP contribution in [-0.2, 0) is 23.7 Å². The number of rotatable bonds is 40. The third-order valence-corrected chi connectivity index (χ3v) is 13.1. The Morgan fingerprint density at radius 2 is 0.905 bits per heavy atom. The Hall–Kier alpha value is -1.01. The Bertz CT molecular complexity index is 1070. The molecule has 2 saturated heterocycles.